The van der Waals surface area contributed by atoms with Gasteiger partial charge in [-0.15, -0.1) is 0 Å². The second-order valence-electron chi connectivity index (χ2n) is 4.43. The lowest BCUT2D eigenvalue weighted by atomic mass is 10.3. The molecule has 0 aliphatic rings. The molecule has 0 bridgehead atoms. The highest BCUT2D eigenvalue weighted by Gasteiger charge is 2.13. The third kappa shape index (κ3) is 2.35. The smallest absolute Gasteiger partial charge is 0.126 e. The highest BCUT2D eigenvalue weighted by atomic mass is 35.5. The number of halogens is 1. The van der Waals surface area contributed by atoms with Gasteiger partial charge in [-0.25, -0.2) is 4.98 Å². The zero-order valence-corrected chi connectivity index (χ0v) is 10.8. The first-order valence-electron chi connectivity index (χ1n) is 5.54. The standard InChI is InChI=1S/C13H16ClN3/c1-8(2)7-17-12-5-4-10(14)6-11(12)16-13(17)9(3)15/h4-6,9H,1,7,15H2,2-3H3. The molecule has 4 heteroatoms. The molecule has 0 saturated heterocycles. The van der Waals surface area contributed by atoms with E-state index in [4.69, 9.17) is 17.3 Å². The summed E-state index contributed by atoms with van der Waals surface area (Å²) in [6, 6.07) is 5.59. The van der Waals surface area contributed by atoms with Gasteiger partial charge in [-0.1, -0.05) is 23.8 Å². The van der Waals surface area contributed by atoms with Gasteiger partial charge in [0.2, 0.25) is 0 Å². The number of nitrogens with zero attached hydrogens (tertiary/aromatic N) is 2. The second-order valence-corrected chi connectivity index (χ2v) is 4.87. The van der Waals surface area contributed by atoms with Gasteiger partial charge in [0, 0.05) is 11.6 Å². The number of hydrogen-bond donors (Lipinski definition) is 1. The van der Waals surface area contributed by atoms with Crippen molar-refractivity contribution in [3.8, 4) is 0 Å². The van der Waals surface area contributed by atoms with Crippen molar-refractivity contribution >= 4 is 22.6 Å². The number of benzene rings is 1. The Morgan fingerprint density at radius 2 is 2.29 bits per heavy atom. The van der Waals surface area contributed by atoms with Crippen LogP contribution in [0, 0.1) is 0 Å². The zero-order chi connectivity index (χ0) is 12.6. The molecular weight excluding hydrogens is 234 g/mol. The molecule has 3 nitrogen and oxygen atoms in total. The molecule has 1 atom stereocenters. The molecule has 0 fully saturated rings. The minimum absolute atomic E-state index is 0.111. The van der Waals surface area contributed by atoms with Crippen molar-refractivity contribution in [2.75, 3.05) is 0 Å². The lowest BCUT2D eigenvalue weighted by molar-refractivity contribution is 0.660. The summed E-state index contributed by atoms with van der Waals surface area (Å²) in [6.07, 6.45) is 0. The van der Waals surface area contributed by atoms with Gasteiger partial charge in [0.15, 0.2) is 0 Å². The number of nitrogens with two attached hydrogens (primary N) is 1. The molecule has 2 aromatic rings. The predicted molar refractivity (Wildman–Crippen MR) is 72.2 cm³/mol. The summed E-state index contributed by atoms with van der Waals surface area (Å²) in [7, 11) is 0. The average molecular weight is 250 g/mol. The Hall–Kier alpha value is -1.32. The Kier molecular flexibility index (Phi) is 3.22. The lowest BCUT2D eigenvalue weighted by Gasteiger charge is -2.11. The summed E-state index contributed by atoms with van der Waals surface area (Å²) in [6.45, 7) is 8.59. The van der Waals surface area contributed by atoms with Crippen LogP contribution in [0.5, 0.6) is 0 Å². The Labute approximate surface area is 106 Å². The van der Waals surface area contributed by atoms with Crippen LogP contribution in [0.25, 0.3) is 11.0 Å². The molecule has 90 valence electrons. The minimum Gasteiger partial charge on any atom is -0.323 e. The quantitative estimate of drug-likeness (QED) is 0.849. The molecule has 0 amide bonds. The minimum atomic E-state index is -0.111. The number of allylic oxidation sites excluding steroid dienone is 1. The van der Waals surface area contributed by atoms with Gasteiger partial charge >= 0.3 is 0 Å². The fourth-order valence-corrected chi connectivity index (χ4v) is 2.07. The maximum absolute atomic E-state index is 5.97. The third-order valence-electron chi connectivity index (χ3n) is 2.58. The van der Waals surface area contributed by atoms with Crippen LogP contribution in [-0.4, -0.2) is 9.55 Å². The summed E-state index contributed by atoms with van der Waals surface area (Å²) in [4.78, 5) is 4.54. The van der Waals surface area contributed by atoms with E-state index in [9.17, 15) is 0 Å². The summed E-state index contributed by atoms with van der Waals surface area (Å²) in [5.74, 6) is 0.866. The number of imidazole rings is 1. The van der Waals surface area contributed by atoms with Gasteiger partial charge in [0.05, 0.1) is 17.1 Å². The molecule has 1 aromatic heterocycles. The van der Waals surface area contributed by atoms with Crippen molar-refractivity contribution in [2.24, 2.45) is 5.73 Å². The first-order valence-corrected chi connectivity index (χ1v) is 5.92. The fraction of sp³-hybridized carbons (Fsp3) is 0.308. The summed E-state index contributed by atoms with van der Waals surface area (Å²) in [5.41, 5.74) is 8.94. The average Bonchev–Trinajstić information content (AvgIpc) is 2.55. The van der Waals surface area contributed by atoms with Gasteiger partial charge < -0.3 is 10.3 Å². The zero-order valence-electron chi connectivity index (χ0n) is 10.1. The van der Waals surface area contributed by atoms with Crippen LogP contribution in [-0.2, 0) is 6.54 Å². The molecule has 17 heavy (non-hydrogen) atoms. The second kappa shape index (κ2) is 4.51. The van der Waals surface area contributed by atoms with E-state index in [1.165, 1.54) is 0 Å². The van der Waals surface area contributed by atoms with Crippen molar-refractivity contribution in [1.29, 1.82) is 0 Å². The van der Waals surface area contributed by atoms with E-state index in [0.717, 1.165) is 29.0 Å². The van der Waals surface area contributed by atoms with Gasteiger partial charge in [0.25, 0.3) is 0 Å². The normalized spacial score (nSPS) is 12.9. The summed E-state index contributed by atoms with van der Waals surface area (Å²) in [5, 5.41) is 0.689. The van der Waals surface area contributed by atoms with Gasteiger partial charge in [-0.3, -0.25) is 0 Å². The van der Waals surface area contributed by atoms with Gasteiger partial charge in [0.1, 0.15) is 5.82 Å². The predicted octanol–water partition coefficient (Wildman–Crippen LogP) is 3.29. The molecule has 0 radical (unpaired) electrons. The van der Waals surface area contributed by atoms with Crippen LogP contribution < -0.4 is 5.73 Å². The molecule has 0 aliphatic heterocycles. The van der Waals surface area contributed by atoms with E-state index >= 15 is 0 Å². The van der Waals surface area contributed by atoms with E-state index < -0.39 is 0 Å². The first-order chi connectivity index (χ1) is 7.99. The van der Waals surface area contributed by atoms with E-state index in [0.29, 0.717) is 5.02 Å². The summed E-state index contributed by atoms with van der Waals surface area (Å²) >= 11 is 5.97. The fourth-order valence-electron chi connectivity index (χ4n) is 1.91. The third-order valence-corrected chi connectivity index (χ3v) is 2.81. The van der Waals surface area contributed by atoms with Crippen molar-refractivity contribution < 1.29 is 0 Å². The Bertz CT molecular complexity index is 569. The monoisotopic (exact) mass is 249 g/mol. The van der Waals surface area contributed by atoms with Crippen molar-refractivity contribution in [1.82, 2.24) is 9.55 Å². The maximum Gasteiger partial charge on any atom is 0.126 e. The molecule has 2 N–H and O–H groups in total. The van der Waals surface area contributed by atoms with Crippen molar-refractivity contribution in [3.63, 3.8) is 0 Å². The lowest BCUT2D eigenvalue weighted by Crippen LogP contribution is -2.14. The number of fused-ring (bicyclic) bond motifs is 1. The largest absolute Gasteiger partial charge is 0.323 e. The van der Waals surface area contributed by atoms with E-state index in [1.807, 2.05) is 32.0 Å². The number of aromatic nitrogens is 2. The maximum atomic E-state index is 5.97. The van der Waals surface area contributed by atoms with Crippen molar-refractivity contribution in [2.45, 2.75) is 26.4 Å². The van der Waals surface area contributed by atoms with Crippen molar-refractivity contribution in [3.05, 3.63) is 41.2 Å². The molecule has 0 spiro atoms. The van der Waals surface area contributed by atoms with E-state index in [-0.39, 0.29) is 6.04 Å². The molecule has 1 heterocycles. The topological polar surface area (TPSA) is 43.8 Å². The van der Waals surface area contributed by atoms with Crippen LogP contribution in [0.2, 0.25) is 5.02 Å². The summed E-state index contributed by atoms with van der Waals surface area (Å²) < 4.78 is 2.10. The highest BCUT2D eigenvalue weighted by molar-refractivity contribution is 6.31. The van der Waals surface area contributed by atoms with Crippen LogP contribution in [0.15, 0.2) is 30.4 Å². The first kappa shape index (κ1) is 12.1. The van der Waals surface area contributed by atoms with Gasteiger partial charge in [-0.05, 0) is 32.0 Å². The Morgan fingerprint density at radius 3 is 2.88 bits per heavy atom. The van der Waals surface area contributed by atoms with Gasteiger partial charge in [-0.2, -0.15) is 0 Å². The van der Waals surface area contributed by atoms with Crippen LogP contribution in [0.3, 0.4) is 0 Å². The highest BCUT2D eigenvalue weighted by Crippen LogP contribution is 2.23. The molecule has 2 rings (SSSR count). The SMILES string of the molecule is C=C(C)Cn1c(C(C)N)nc2cc(Cl)ccc21. The number of hydrogen-bond acceptors (Lipinski definition) is 2. The molecule has 1 unspecified atom stereocenters. The molecule has 0 aliphatic carbocycles. The van der Waals surface area contributed by atoms with Crippen LogP contribution in [0.1, 0.15) is 25.7 Å². The van der Waals surface area contributed by atoms with Crippen LogP contribution >= 0.6 is 11.6 Å². The number of rotatable bonds is 3. The molecule has 0 saturated carbocycles. The van der Waals surface area contributed by atoms with E-state index in [1.54, 1.807) is 0 Å². The van der Waals surface area contributed by atoms with E-state index in [2.05, 4.69) is 16.1 Å². The molecule has 1 aromatic carbocycles. The van der Waals surface area contributed by atoms with Crippen LogP contribution in [0.4, 0.5) is 0 Å². The Morgan fingerprint density at radius 1 is 1.59 bits per heavy atom. The Balaban J connectivity index is 2.66. The molecular formula is C13H16ClN3.